The van der Waals surface area contributed by atoms with Crippen molar-refractivity contribution >= 4 is 17.6 Å². The second kappa shape index (κ2) is 8.30. The van der Waals surface area contributed by atoms with Crippen LogP contribution in [0.1, 0.15) is 11.1 Å². The van der Waals surface area contributed by atoms with E-state index < -0.39 is 52.4 Å². The molecule has 0 aliphatic carbocycles. The number of hydrogen-bond donors (Lipinski definition) is 2. The van der Waals surface area contributed by atoms with Crippen molar-refractivity contribution in [1.82, 2.24) is 5.32 Å². The average molecular weight is 382 g/mol. The van der Waals surface area contributed by atoms with E-state index in [2.05, 4.69) is 5.32 Å². The number of nitrogens with one attached hydrogen (secondary N) is 1. The second-order valence-electron chi connectivity index (χ2n) is 5.66. The summed E-state index contributed by atoms with van der Waals surface area (Å²) in [4.78, 5) is 33.1. The molecule has 2 aromatic rings. The van der Waals surface area contributed by atoms with E-state index in [0.717, 1.165) is 30.3 Å². The number of carboxylic acids is 1. The first-order valence-electron chi connectivity index (χ1n) is 7.55. The third kappa shape index (κ3) is 5.53. The molecule has 0 unspecified atom stereocenters. The topological polar surface area (TPSA) is 110 Å². The zero-order valence-corrected chi connectivity index (χ0v) is 13.6. The Kier molecular flexibility index (Phi) is 6.11. The van der Waals surface area contributed by atoms with Crippen LogP contribution in [0.2, 0.25) is 0 Å². The van der Waals surface area contributed by atoms with Crippen LogP contribution >= 0.6 is 0 Å². The molecule has 0 aromatic heterocycles. The number of nitrogens with zero attached hydrogens (tertiary/aromatic N) is 1. The molecule has 0 saturated heterocycles. The average Bonchev–Trinajstić information content (AvgIpc) is 2.54. The zero-order chi connectivity index (χ0) is 20.1. The van der Waals surface area contributed by atoms with Gasteiger partial charge < -0.3 is 10.4 Å². The molecule has 1 atom stereocenters. The minimum atomic E-state index is -1.47. The molecule has 2 aromatic carbocycles. The highest BCUT2D eigenvalue weighted by molar-refractivity contribution is 5.85. The van der Waals surface area contributed by atoms with Gasteiger partial charge in [-0.05, 0) is 29.3 Å². The van der Waals surface area contributed by atoms with E-state index in [0.29, 0.717) is 6.07 Å². The standard InChI is InChI=1S/C17H13F3N2O5/c18-11-3-10(4-12(19)8-11)7-16(23)21-14(17(24)25)5-9-1-2-13(20)15(6-9)22(26)27/h1-4,6,8,14H,5,7H2,(H,21,23)(H,24,25)/t14-/m1/s1. The largest absolute Gasteiger partial charge is 0.480 e. The smallest absolute Gasteiger partial charge is 0.326 e. The van der Waals surface area contributed by atoms with Gasteiger partial charge in [-0.15, -0.1) is 0 Å². The molecule has 0 saturated carbocycles. The molecule has 10 heteroatoms. The van der Waals surface area contributed by atoms with Gasteiger partial charge in [-0.25, -0.2) is 13.6 Å². The number of nitro benzene ring substituents is 1. The Morgan fingerprint density at radius 2 is 1.70 bits per heavy atom. The molecule has 0 aliphatic rings. The summed E-state index contributed by atoms with van der Waals surface area (Å²) in [5.41, 5.74) is -0.697. The highest BCUT2D eigenvalue weighted by Gasteiger charge is 2.23. The Labute approximate surface area is 150 Å². The number of nitro groups is 1. The van der Waals surface area contributed by atoms with Crippen molar-refractivity contribution in [2.75, 3.05) is 0 Å². The van der Waals surface area contributed by atoms with E-state index in [1.165, 1.54) is 0 Å². The van der Waals surface area contributed by atoms with Gasteiger partial charge in [0.25, 0.3) is 0 Å². The summed E-state index contributed by atoms with van der Waals surface area (Å²) in [6.45, 7) is 0. The molecule has 1 amide bonds. The summed E-state index contributed by atoms with van der Waals surface area (Å²) in [5, 5.41) is 22.1. The fourth-order valence-corrected chi connectivity index (χ4v) is 2.40. The van der Waals surface area contributed by atoms with Crippen LogP contribution in [0.4, 0.5) is 18.9 Å². The Bertz CT molecular complexity index is 884. The number of rotatable bonds is 7. The highest BCUT2D eigenvalue weighted by Crippen LogP contribution is 2.19. The van der Waals surface area contributed by atoms with Gasteiger partial charge in [0, 0.05) is 18.6 Å². The maximum Gasteiger partial charge on any atom is 0.326 e. The first-order chi connectivity index (χ1) is 12.7. The van der Waals surface area contributed by atoms with Crippen molar-refractivity contribution in [2.24, 2.45) is 0 Å². The number of halogens is 3. The summed E-state index contributed by atoms with van der Waals surface area (Å²) in [7, 11) is 0. The second-order valence-corrected chi connectivity index (χ2v) is 5.66. The molecule has 2 N–H and O–H groups in total. The van der Waals surface area contributed by atoms with Crippen LogP contribution in [0.25, 0.3) is 0 Å². The Hall–Kier alpha value is -3.43. The lowest BCUT2D eigenvalue weighted by atomic mass is 10.0. The minimum Gasteiger partial charge on any atom is -0.480 e. The zero-order valence-electron chi connectivity index (χ0n) is 13.6. The van der Waals surface area contributed by atoms with Gasteiger partial charge >= 0.3 is 11.7 Å². The summed E-state index contributed by atoms with van der Waals surface area (Å²) < 4.78 is 39.6. The van der Waals surface area contributed by atoms with Crippen LogP contribution < -0.4 is 5.32 Å². The fourth-order valence-electron chi connectivity index (χ4n) is 2.40. The van der Waals surface area contributed by atoms with Crippen LogP contribution in [-0.4, -0.2) is 27.9 Å². The maximum absolute atomic E-state index is 13.3. The lowest BCUT2D eigenvalue weighted by molar-refractivity contribution is -0.387. The number of carbonyl (C=O) groups excluding carboxylic acids is 1. The van der Waals surface area contributed by atoms with Crippen LogP contribution in [0, 0.1) is 27.6 Å². The number of carbonyl (C=O) groups is 2. The van der Waals surface area contributed by atoms with Gasteiger partial charge in [-0.3, -0.25) is 14.9 Å². The van der Waals surface area contributed by atoms with E-state index >= 15 is 0 Å². The number of benzene rings is 2. The molecule has 142 valence electrons. The maximum atomic E-state index is 13.3. The molecule has 0 aliphatic heterocycles. The number of aliphatic carboxylic acids is 1. The van der Waals surface area contributed by atoms with Crippen molar-refractivity contribution < 1.29 is 32.8 Å². The fraction of sp³-hybridized carbons (Fsp3) is 0.176. The van der Waals surface area contributed by atoms with Crippen LogP contribution in [-0.2, 0) is 22.4 Å². The van der Waals surface area contributed by atoms with E-state index in [9.17, 15) is 38.0 Å². The third-order valence-electron chi connectivity index (χ3n) is 3.57. The van der Waals surface area contributed by atoms with Crippen LogP contribution in [0.5, 0.6) is 0 Å². The van der Waals surface area contributed by atoms with Crippen molar-refractivity contribution in [1.29, 1.82) is 0 Å². The predicted octanol–water partition coefficient (Wildman–Crippen LogP) is 2.37. The van der Waals surface area contributed by atoms with Crippen molar-refractivity contribution in [3.05, 3.63) is 75.1 Å². The molecular formula is C17H13F3N2O5. The molecule has 0 spiro atoms. The first kappa shape index (κ1) is 19.9. The lowest BCUT2D eigenvalue weighted by Crippen LogP contribution is -2.43. The van der Waals surface area contributed by atoms with E-state index in [1.807, 2.05) is 0 Å². The molecule has 0 bridgehead atoms. The highest BCUT2D eigenvalue weighted by atomic mass is 19.1. The van der Waals surface area contributed by atoms with Crippen LogP contribution in [0.15, 0.2) is 36.4 Å². The van der Waals surface area contributed by atoms with Gasteiger partial charge in [0.15, 0.2) is 0 Å². The quantitative estimate of drug-likeness (QED) is 0.564. The van der Waals surface area contributed by atoms with E-state index in [4.69, 9.17) is 0 Å². The van der Waals surface area contributed by atoms with Gasteiger partial charge in [0.2, 0.25) is 11.7 Å². The van der Waals surface area contributed by atoms with Crippen molar-refractivity contribution in [3.8, 4) is 0 Å². The summed E-state index contributed by atoms with van der Waals surface area (Å²) in [6.07, 6.45) is -0.818. The Morgan fingerprint density at radius 1 is 1.07 bits per heavy atom. The normalized spacial score (nSPS) is 11.7. The SMILES string of the molecule is O=C(Cc1cc(F)cc(F)c1)N[C@H](Cc1ccc(F)c([N+](=O)[O-])c1)C(=O)O. The summed E-state index contributed by atoms with van der Waals surface area (Å²) in [5.74, 6) is -5.09. The van der Waals surface area contributed by atoms with Crippen molar-refractivity contribution in [3.63, 3.8) is 0 Å². The number of carboxylic acid groups (broad SMARTS) is 1. The Balaban J connectivity index is 2.11. The van der Waals surface area contributed by atoms with E-state index in [1.54, 1.807) is 0 Å². The van der Waals surface area contributed by atoms with Gasteiger partial charge in [0.05, 0.1) is 11.3 Å². The summed E-state index contributed by atoms with van der Waals surface area (Å²) >= 11 is 0. The predicted molar refractivity (Wildman–Crippen MR) is 86.4 cm³/mol. The lowest BCUT2D eigenvalue weighted by Gasteiger charge is -2.15. The number of amides is 1. The van der Waals surface area contributed by atoms with Gasteiger partial charge in [-0.2, -0.15) is 4.39 Å². The minimum absolute atomic E-state index is 0.00607. The third-order valence-corrected chi connectivity index (χ3v) is 3.57. The molecule has 2 rings (SSSR count). The molecule has 0 fully saturated rings. The molecule has 0 radical (unpaired) electrons. The van der Waals surface area contributed by atoms with Crippen LogP contribution in [0.3, 0.4) is 0 Å². The molecular weight excluding hydrogens is 369 g/mol. The summed E-state index contributed by atoms with van der Waals surface area (Å²) in [6, 6.07) is 3.88. The molecule has 0 heterocycles. The van der Waals surface area contributed by atoms with Crippen molar-refractivity contribution in [2.45, 2.75) is 18.9 Å². The van der Waals surface area contributed by atoms with Gasteiger partial charge in [-0.1, -0.05) is 6.07 Å². The van der Waals surface area contributed by atoms with E-state index in [-0.39, 0.29) is 17.5 Å². The number of hydrogen-bond acceptors (Lipinski definition) is 4. The molecule has 7 nitrogen and oxygen atoms in total. The monoisotopic (exact) mass is 382 g/mol. The van der Waals surface area contributed by atoms with Gasteiger partial charge in [0.1, 0.15) is 17.7 Å². The molecule has 27 heavy (non-hydrogen) atoms. The first-order valence-corrected chi connectivity index (χ1v) is 7.55. The Morgan fingerprint density at radius 3 is 2.26 bits per heavy atom.